The van der Waals surface area contributed by atoms with Gasteiger partial charge in [0, 0.05) is 31.4 Å². The van der Waals surface area contributed by atoms with E-state index in [1.54, 1.807) is 11.6 Å². The molecule has 32 heavy (non-hydrogen) atoms. The Hall–Kier alpha value is -2.19. The van der Waals surface area contributed by atoms with Crippen LogP contribution in [0.15, 0.2) is 41.8 Å². The SMILES string of the molecule is Cn1cnc(S(=O)(=O)NC2(c3ccc(C(=O)N4CC5(C)CC4CC(C)(C)C5)cc3)CC2)c1. The van der Waals surface area contributed by atoms with Gasteiger partial charge < -0.3 is 9.47 Å². The lowest BCUT2D eigenvalue weighted by Gasteiger charge is -2.39. The summed E-state index contributed by atoms with van der Waals surface area (Å²) in [6, 6.07) is 7.80. The zero-order valence-corrected chi connectivity index (χ0v) is 20.1. The van der Waals surface area contributed by atoms with Gasteiger partial charge >= 0.3 is 0 Å². The van der Waals surface area contributed by atoms with Gasteiger partial charge in [0.2, 0.25) is 0 Å². The molecule has 2 saturated carbocycles. The third kappa shape index (κ3) is 3.77. The molecule has 2 aromatic rings. The van der Waals surface area contributed by atoms with Gasteiger partial charge in [0.05, 0.1) is 11.9 Å². The van der Waals surface area contributed by atoms with Crippen molar-refractivity contribution in [1.29, 1.82) is 0 Å². The maximum Gasteiger partial charge on any atom is 0.260 e. The number of rotatable bonds is 5. The topological polar surface area (TPSA) is 84.3 Å². The summed E-state index contributed by atoms with van der Waals surface area (Å²) in [6.45, 7) is 7.74. The first-order valence-corrected chi connectivity index (χ1v) is 12.8. The molecule has 0 spiro atoms. The summed E-state index contributed by atoms with van der Waals surface area (Å²) in [5, 5.41) is 0.0228. The maximum atomic E-state index is 13.3. The minimum atomic E-state index is -3.71. The summed E-state index contributed by atoms with van der Waals surface area (Å²) < 4.78 is 30.0. The van der Waals surface area contributed by atoms with E-state index >= 15 is 0 Å². The van der Waals surface area contributed by atoms with Crippen LogP contribution in [0.3, 0.4) is 0 Å². The van der Waals surface area contributed by atoms with E-state index in [4.69, 9.17) is 0 Å². The second-order valence-electron chi connectivity index (χ2n) is 11.3. The van der Waals surface area contributed by atoms with E-state index in [-0.39, 0.29) is 21.8 Å². The molecule has 5 rings (SSSR count). The van der Waals surface area contributed by atoms with Crippen LogP contribution in [0.1, 0.15) is 68.8 Å². The Balaban J connectivity index is 1.33. The van der Waals surface area contributed by atoms with E-state index in [2.05, 4.69) is 35.4 Å². The van der Waals surface area contributed by atoms with E-state index in [9.17, 15) is 13.2 Å². The number of hydrogen-bond donors (Lipinski definition) is 1. The highest BCUT2D eigenvalue weighted by Crippen LogP contribution is 2.53. The van der Waals surface area contributed by atoms with Crippen LogP contribution in [0.4, 0.5) is 0 Å². The Kier molecular flexibility index (Phi) is 4.67. The number of amides is 1. The zero-order valence-electron chi connectivity index (χ0n) is 19.3. The number of carbonyl (C=O) groups is 1. The van der Waals surface area contributed by atoms with E-state index in [1.807, 2.05) is 24.3 Å². The smallest absolute Gasteiger partial charge is 0.260 e. The highest BCUT2D eigenvalue weighted by atomic mass is 32.2. The highest BCUT2D eigenvalue weighted by molar-refractivity contribution is 7.89. The monoisotopic (exact) mass is 456 g/mol. The second-order valence-corrected chi connectivity index (χ2v) is 12.9. The summed E-state index contributed by atoms with van der Waals surface area (Å²) in [6.07, 6.45) is 7.71. The Bertz CT molecular complexity index is 1160. The van der Waals surface area contributed by atoms with Crippen molar-refractivity contribution >= 4 is 15.9 Å². The lowest BCUT2D eigenvalue weighted by molar-refractivity contribution is 0.0708. The molecule has 8 heteroatoms. The number of benzene rings is 1. The number of nitrogens with one attached hydrogen (secondary N) is 1. The fourth-order valence-electron chi connectivity index (χ4n) is 6.21. The lowest BCUT2D eigenvalue weighted by Crippen LogP contribution is -2.38. The minimum Gasteiger partial charge on any atom is -0.339 e. The minimum absolute atomic E-state index is 0.0228. The van der Waals surface area contributed by atoms with Crippen LogP contribution in [-0.2, 0) is 22.6 Å². The van der Waals surface area contributed by atoms with Gasteiger partial charge in [-0.25, -0.2) is 13.4 Å². The summed E-state index contributed by atoms with van der Waals surface area (Å²) in [7, 11) is -1.97. The van der Waals surface area contributed by atoms with Crippen molar-refractivity contribution in [2.24, 2.45) is 17.9 Å². The number of nitrogens with zero attached hydrogens (tertiary/aromatic N) is 3. The fourth-order valence-corrected chi connectivity index (χ4v) is 7.64. The zero-order chi connectivity index (χ0) is 22.9. The first-order valence-electron chi connectivity index (χ1n) is 11.3. The highest BCUT2D eigenvalue weighted by Gasteiger charge is 2.51. The Morgan fingerprint density at radius 3 is 2.41 bits per heavy atom. The third-order valence-electron chi connectivity index (χ3n) is 7.40. The average molecular weight is 457 g/mol. The molecule has 2 atom stereocenters. The predicted octanol–water partition coefficient (Wildman–Crippen LogP) is 3.43. The Morgan fingerprint density at radius 2 is 1.81 bits per heavy atom. The van der Waals surface area contributed by atoms with Crippen molar-refractivity contribution in [2.75, 3.05) is 6.54 Å². The van der Waals surface area contributed by atoms with Crippen molar-refractivity contribution in [3.8, 4) is 0 Å². The molecule has 3 aliphatic rings. The molecule has 2 aliphatic carbocycles. The molecule has 1 N–H and O–H groups in total. The standard InChI is InChI=1S/C24H32N4O3S/c1-22(2)11-19-12-23(3,14-22)15-28(19)21(29)17-5-7-18(8-6-17)24(9-10-24)26-32(30,31)20-13-27(4)16-25-20/h5-8,13,16,19,26H,9-12,14-15H2,1-4H3. The van der Waals surface area contributed by atoms with Crippen molar-refractivity contribution in [3.05, 3.63) is 47.9 Å². The van der Waals surface area contributed by atoms with Crippen LogP contribution in [-0.4, -0.2) is 41.4 Å². The molecule has 2 bridgehead atoms. The Labute approximate surface area is 190 Å². The largest absolute Gasteiger partial charge is 0.339 e. The number of likely N-dealkylation sites (tertiary alicyclic amines) is 1. The normalized spacial score (nSPS) is 28.0. The lowest BCUT2D eigenvalue weighted by atomic mass is 9.65. The van der Waals surface area contributed by atoms with Gasteiger partial charge in [-0.05, 0) is 60.6 Å². The summed E-state index contributed by atoms with van der Waals surface area (Å²) >= 11 is 0. The van der Waals surface area contributed by atoms with Gasteiger partial charge in [-0.3, -0.25) is 4.79 Å². The molecular formula is C24H32N4O3S. The Morgan fingerprint density at radius 1 is 1.12 bits per heavy atom. The molecule has 0 radical (unpaired) electrons. The predicted molar refractivity (Wildman–Crippen MR) is 121 cm³/mol. The first-order chi connectivity index (χ1) is 14.9. The number of aromatic nitrogens is 2. The third-order valence-corrected chi connectivity index (χ3v) is 8.82. The first kappa shape index (κ1) is 21.6. The van der Waals surface area contributed by atoms with Crippen molar-refractivity contribution in [2.45, 2.75) is 69.5 Å². The summed E-state index contributed by atoms with van der Waals surface area (Å²) in [5.41, 5.74) is 1.41. The van der Waals surface area contributed by atoms with Gasteiger partial charge in [0.1, 0.15) is 0 Å². The summed E-state index contributed by atoms with van der Waals surface area (Å²) in [4.78, 5) is 19.4. The van der Waals surface area contributed by atoms with E-state index < -0.39 is 15.6 Å². The molecule has 2 heterocycles. The van der Waals surface area contributed by atoms with Gasteiger partial charge in [0.15, 0.2) is 5.03 Å². The number of fused-ring (bicyclic) bond motifs is 2. The average Bonchev–Trinajstić information content (AvgIpc) is 3.23. The van der Waals surface area contributed by atoms with Crippen LogP contribution >= 0.6 is 0 Å². The maximum absolute atomic E-state index is 13.3. The quantitative estimate of drug-likeness (QED) is 0.747. The molecule has 2 unspecified atom stereocenters. The van der Waals surface area contributed by atoms with Gasteiger partial charge in [-0.2, -0.15) is 4.72 Å². The number of carbonyl (C=O) groups excluding carboxylic acids is 1. The molecule has 1 aromatic heterocycles. The van der Waals surface area contributed by atoms with Crippen molar-refractivity contribution < 1.29 is 13.2 Å². The molecule has 1 aliphatic heterocycles. The van der Waals surface area contributed by atoms with Gasteiger partial charge in [-0.15, -0.1) is 0 Å². The van der Waals surface area contributed by atoms with Crippen LogP contribution in [0.2, 0.25) is 0 Å². The fraction of sp³-hybridized carbons (Fsp3) is 0.583. The van der Waals surface area contributed by atoms with Crippen molar-refractivity contribution in [3.63, 3.8) is 0 Å². The number of imidazole rings is 1. The van der Waals surface area contributed by atoms with E-state index in [1.165, 1.54) is 12.5 Å². The molecule has 7 nitrogen and oxygen atoms in total. The molecule has 172 valence electrons. The molecule has 1 amide bonds. The number of hydrogen-bond acceptors (Lipinski definition) is 4. The second kappa shape index (κ2) is 6.90. The van der Waals surface area contributed by atoms with E-state index in [0.717, 1.165) is 44.2 Å². The molecule has 3 fully saturated rings. The molecular weight excluding hydrogens is 424 g/mol. The molecule has 1 saturated heterocycles. The van der Waals surface area contributed by atoms with Crippen LogP contribution < -0.4 is 4.72 Å². The van der Waals surface area contributed by atoms with Crippen molar-refractivity contribution in [1.82, 2.24) is 19.2 Å². The van der Waals surface area contributed by atoms with Crippen LogP contribution in [0.5, 0.6) is 0 Å². The number of sulfonamides is 1. The van der Waals surface area contributed by atoms with Gasteiger partial charge in [0.25, 0.3) is 15.9 Å². The number of aryl methyl sites for hydroxylation is 1. The van der Waals surface area contributed by atoms with Crippen LogP contribution in [0.25, 0.3) is 0 Å². The molecule has 1 aromatic carbocycles. The van der Waals surface area contributed by atoms with Crippen LogP contribution in [0, 0.1) is 10.8 Å². The van der Waals surface area contributed by atoms with E-state index in [0.29, 0.717) is 11.6 Å². The van der Waals surface area contributed by atoms with Gasteiger partial charge in [-0.1, -0.05) is 32.9 Å². The summed E-state index contributed by atoms with van der Waals surface area (Å²) in [5.74, 6) is 0.0851.